The zero-order chi connectivity index (χ0) is 13.8. The van der Waals surface area contributed by atoms with E-state index in [0.717, 1.165) is 11.3 Å². The number of H-pyrrole nitrogens is 1. The summed E-state index contributed by atoms with van der Waals surface area (Å²) in [5.41, 5.74) is 2.84. The van der Waals surface area contributed by atoms with E-state index in [2.05, 4.69) is 20.5 Å². The van der Waals surface area contributed by atoms with Gasteiger partial charge in [-0.15, -0.1) is 0 Å². The quantitative estimate of drug-likeness (QED) is 0.500. The molecule has 2 N–H and O–H groups in total. The lowest BCUT2D eigenvalue weighted by Crippen LogP contribution is -2.10. The maximum atomic E-state index is 11.2. The van der Waals surface area contributed by atoms with Gasteiger partial charge in [0, 0.05) is 17.8 Å². The molecule has 0 saturated carbocycles. The molecule has 0 radical (unpaired) electrons. The highest BCUT2D eigenvalue weighted by Gasteiger charge is 2.07. The van der Waals surface area contributed by atoms with Gasteiger partial charge in [0.15, 0.2) is 0 Å². The minimum atomic E-state index is -0.463. The van der Waals surface area contributed by atoms with Crippen molar-refractivity contribution in [2.24, 2.45) is 5.10 Å². The molecule has 19 heavy (non-hydrogen) atoms. The molecular formula is C10H9N5O3S. The number of aromatic nitrogens is 2. The lowest BCUT2D eigenvalue weighted by Gasteiger charge is -1.98. The Labute approximate surface area is 111 Å². The maximum Gasteiger partial charge on any atom is 0.324 e. The van der Waals surface area contributed by atoms with Crippen LogP contribution in [-0.4, -0.2) is 21.1 Å². The molecule has 0 aliphatic heterocycles. The van der Waals surface area contributed by atoms with E-state index in [1.165, 1.54) is 18.3 Å². The van der Waals surface area contributed by atoms with Crippen molar-refractivity contribution in [3.05, 3.63) is 49.2 Å². The van der Waals surface area contributed by atoms with Gasteiger partial charge in [0.25, 0.3) is 5.56 Å². The molecule has 2 aromatic rings. The van der Waals surface area contributed by atoms with Crippen LogP contribution in [-0.2, 0) is 0 Å². The van der Waals surface area contributed by atoms with Crippen molar-refractivity contribution < 1.29 is 4.92 Å². The molecule has 8 nitrogen and oxygen atoms in total. The van der Waals surface area contributed by atoms with Crippen LogP contribution in [0.25, 0.3) is 0 Å². The number of hydrogen-bond donors (Lipinski definition) is 2. The first kappa shape index (κ1) is 12.9. The summed E-state index contributed by atoms with van der Waals surface area (Å²) < 4.78 is 0. The van der Waals surface area contributed by atoms with Crippen LogP contribution in [0.1, 0.15) is 10.6 Å². The lowest BCUT2D eigenvalue weighted by molar-refractivity contribution is -0.380. The monoisotopic (exact) mass is 279 g/mol. The van der Waals surface area contributed by atoms with Crippen LogP contribution in [0.3, 0.4) is 0 Å². The van der Waals surface area contributed by atoms with Gasteiger partial charge < -0.3 is 0 Å². The molecule has 2 aromatic heterocycles. The molecule has 0 fully saturated rings. The first-order chi connectivity index (χ1) is 9.04. The second-order valence-corrected chi connectivity index (χ2v) is 4.63. The van der Waals surface area contributed by atoms with E-state index >= 15 is 0 Å². The molecule has 2 heterocycles. The fraction of sp³-hybridized carbons (Fsp3) is 0.100. The minimum absolute atomic E-state index is 0.0449. The Hall–Kier alpha value is -2.55. The summed E-state index contributed by atoms with van der Waals surface area (Å²) in [6, 6.07) is 4.34. The van der Waals surface area contributed by atoms with Gasteiger partial charge in [-0.1, -0.05) is 11.3 Å². The van der Waals surface area contributed by atoms with Gasteiger partial charge in [0.2, 0.25) is 5.95 Å². The summed E-state index contributed by atoms with van der Waals surface area (Å²) in [6.07, 6.45) is 1.42. The molecule has 0 amide bonds. The van der Waals surface area contributed by atoms with Gasteiger partial charge >= 0.3 is 5.00 Å². The number of hydrazone groups is 1. The van der Waals surface area contributed by atoms with E-state index in [4.69, 9.17) is 0 Å². The predicted molar refractivity (Wildman–Crippen MR) is 71.8 cm³/mol. The Morgan fingerprint density at radius 3 is 3.00 bits per heavy atom. The molecule has 0 saturated heterocycles. The highest BCUT2D eigenvalue weighted by molar-refractivity contribution is 7.16. The Kier molecular flexibility index (Phi) is 3.66. The van der Waals surface area contributed by atoms with Crippen LogP contribution in [0.15, 0.2) is 28.1 Å². The molecule has 98 valence electrons. The number of nitrogens with one attached hydrogen (secondary N) is 2. The van der Waals surface area contributed by atoms with Crippen molar-refractivity contribution in [1.82, 2.24) is 9.97 Å². The topological polar surface area (TPSA) is 113 Å². The summed E-state index contributed by atoms with van der Waals surface area (Å²) in [5, 5.41) is 14.4. The van der Waals surface area contributed by atoms with Crippen molar-refractivity contribution in [1.29, 1.82) is 0 Å². The van der Waals surface area contributed by atoms with Crippen molar-refractivity contribution in [2.75, 3.05) is 5.43 Å². The van der Waals surface area contributed by atoms with E-state index in [0.29, 0.717) is 10.6 Å². The molecule has 0 aliphatic rings. The minimum Gasteiger partial charge on any atom is -0.291 e. The van der Waals surface area contributed by atoms with Crippen molar-refractivity contribution in [3.63, 3.8) is 0 Å². The molecule has 0 aromatic carbocycles. The van der Waals surface area contributed by atoms with Gasteiger partial charge in [-0.25, -0.2) is 10.4 Å². The molecule has 0 atom stereocenters. The standard InChI is InChI=1S/C10H9N5O3S/c1-6-4-8(16)13-10(12-6)14-11-5-7-2-3-9(19-7)15(17)18/h2-5H,1H3,(H2,12,13,14,16). The summed E-state index contributed by atoms with van der Waals surface area (Å²) in [7, 11) is 0. The van der Waals surface area contributed by atoms with E-state index in [9.17, 15) is 14.9 Å². The number of rotatable bonds is 4. The smallest absolute Gasteiger partial charge is 0.291 e. The Morgan fingerprint density at radius 1 is 1.58 bits per heavy atom. The lowest BCUT2D eigenvalue weighted by atomic mass is 10.4. The predicted octanol–water partition coefficient (Wildman–Crippen LogP) is 1.49. The van der Waals surface area contributed by atoms with E-state index in [1.54, 1.807) is 13.0 Å². The van der Waals surface area contributed by atoms with Gasteiger partial charge in [-0.3, -0.25) is 19.9 Å². The fourth-order valence-electron chi connectivity index (χ4n) is 1.30. The number of nitrogens with zero attached hydrogens (tertiary/aromatic N) is 3. The van der Waals surface area contributed by atoms with Crippen LogP contribution in [0.2, 0.25) is 0 Å². The number of anilines is 1. The SMILES string of the molecule is Cc1cc(=O)[nH]c(NN=Cc2ccc([N+](=O)[O-])s2)n1. The Balaban J connectivity index is 2.06. The van der Waals surface area contributed by atoms with E-state index in [1.807, 2.05) is 0 Å². The molecule has 0 bridgehead atoms. The van der Waals surface area contributed by atoms with E-state index in [-0.39, 0.29) is 16.5 Å². The fourth-order valence-corrected chi connectivity index (χ4v) is 1.99. The van der Waals surface area contributed by atoms with Crippen molar-refractivity contribution in [3.8, 4) is 0 Å². The number of hydrogen-bond acceptors (Lipinski definition) is 7. The first-order valence-corrected chi connectivity index (χ1v) is 5.97. The highest BCUT2D eigenvalue weighted by Crippen LogP contribution is 2.22. The summed E-state index contributed by atoms with van der Waals surface area (Å²) in [6.45, 7) is 1.69. The maximum absolute atomic E-state index is 11.2. The normalized spacial score (nSPS) is 10.8. The van der Waals surface area contributed by atoms with Crippen molar-refractivity contribution >= 4 is 28.5 Å². The Bertz CT molecular complexity index is 690. The molecule has 9 heteroatoms. The molecule has 0 unspecified atom stereocenters. The van der Waals surface area contributed by atoms with Crippen LogP contribution < -0.4 is 11.0 Å². The zero-order valence-electron chi connectivity index (χ0n) is 9.78. The molecule has 0 aliphatic carbocycles. The average molecular weight is 279 g/mol. The summed E-state index contributed by atoms with van der Waals surface area (Å²) in [5.74, 6) is 0.215. The largest absolute Gasteiger partial charge is 0.324 e. The number of aryl methyl sites for hydroxylation is 1. The van der Waals surface area contributed by atoms with Crippen molar-refractivity contribution in [2.45, 2.75) is 6.92 Å². The second kappa shape index (κ2) is 5.40. The molecule has 0 spiro atoms. The second-order valence-electron chi connectivity index (χ2n) is 3.54. The third-order valence-corrected chi connectivity index (χ3v) is 3.00. The number of nitro groups is 1. The van der Waals surface area contributed by atoms with Gasteiger partial charge in [0.05, 0.1) is 16.0 Å². The summed E-state index contributed by atoms with van der Waals surface area (Å²) in [4.78, 5) is 28.3. The third kappa shape index (κ3) is 3.45. The molecule has 2 rings (SSSR count). The first-order valence-electron chi connectivity index (χ1n) is 5.16. The van der Waals surface area contributed by atoms with Crippen LogP contribution in [0.5, 0.6) is 0 Å². The van der Waals surface area contributed by atoms with Gasteiger partial charge in [0.1, 0.15) is 0 Å². The zero-order valence-corrected chi connectivity index (χ0v) is 10.6. The van der Waals surface area contributed by atoms with Crippen LogP contribution in [0.4, 0.5) is 10.9 Å². The Morgan fingerprint density at radius 2 is 2.37 bits per heavy atom. The number of thiophene rings is 1. The van der Waals surface area contributed by atoms with Crippen LogP contribution in [0, 0.1) is 17.0 Å². The number of aromatic amines is 1. The van der Waals surface area contributed by atoms with E-state index < -0.39 is 4.92 Å². The highest BCUT2D eigenvalue weighted by atomic mass is 32.1. The average Bonchev–Trinajstić information content (AvgIpc) is 2.76. The van der Waals surface area contributed by atoms with Gasteiger partial charge in [-0.05, 0) is 13.0 Å². The summed E-state index contributed by atoms with van der Waals surface area (Å²) >= 11 is 1.00. The third-order valence-electron chi connectivity index (χ3n) is 2.02. The van der Waals surface area contributed by atoms with Gasteiger partial charge in [-0.2, -0.15) is 5.10 Å². The molecular weight excluding hydrogens is 270 g/mol. The van der Waals surface area contributed by atoms with Crippen LogP contribution >= 0.6 is 11.3 Å².